The Hall–Kier alpha value is -1.30. The molecule has 0 aliphatic rings. The fourth-order valence-corrected chi connectivity index (χ4v) is 1.78. The van der Waals surface area contributed by atoms with Gasteiger partial charge in [-0.1, -0.05) is 6.92 Å². The Bertz CT molecular complexity index is 313. The third-order valence-corrected chi connectivity index (χ3v) is 2.52. The lowest BCUT2D eigenvalue weighted by molar-refractivity contribution is -0.144. The van der Waals surface area contributed by atoms with Gasteiger partial charge >= 0.3 is 12.1 Å². The molecule has 0 aromatic heterocycles. The summed E-state index contributed by atoms with van der Waals surface area (Å²) in [6.45, 7) is 12.2. The number of amides is 1. The van der Waals surface area contributed by atoms with Gasteiger partial charge in [-0.15, -0.1) is 0 Å². The standard InChI is InChI=1S/C15H30N2O4/c1-6-10-17(12-13(18)20-7-2)11-8-9-16-14(19)21-15(3,4)5/h6-12H2,1-5H3,(H,16,19). The van der Waals surface area contributed by atoms with Gasteiger partial charge in [-0.05, 0) is 47.1 Å². The largest absolute Gasteiger partial charge is 0.465 e. The van der Waals surface area contributed by atoms with Crippen LogP contribution < -0.4 is 5.32 Å². The molecule has 0 saturated heterocycles. The smallest absolute Gasteiger partial charge is 0.407 e. The molecule has 0 aliphatic heterocycles. The lowest BCUT2D eigenvalue weighted by Crippen LogP contribution is -2.36. The number of hydrogen-bond acceptors (Lipinski definition) is 5. The molecule has 6 nitrogen and oxygen atoms in total. The first-order chi connectivity index (χ1) is 9.78. The Labute approximate surface area is 128 Å². The minimum atomic E-state index is -0.484. The minimum Gasteiger partial charge on any atom is -0.465 e. The van der Waals surface area contributed by atoms with Crippen molar-refractivity contribution in [2.75, 3.05) is 32.8 Å². The summed E-state index contributed by atoms with van der Waals surface area (Å²) in [6, 6.07) is 0. The van der Waals surface area contributed by atoms with Crippen molar-refractivity contribution in [3.63, 3.8) is 0 Å². The van der Waals surface area contributed by atoms with Gasteiger partial charge in [0.1, 0.15) is 5.60 Å². The van der Waals surface area contributed by atoms with Crippen molar-refractivity contribution < 1.29 is 19.1 Å². The molecular formula is C15H30N2O4. The van der Waals surface area contributed by atoms with Crippen LogP contribution >= 0.6 is 0 Å². The van der Waals surface area contributed by atoms with Gasteiger partial charge in [0.25, 0.3) is 0 Å². The first kappa shape index (κ1) is 19.7. The third-order valence-electron chi connectivity index (χ3n) is 2.52. The molecule has 0 heterocycles. The highest BCUT2D eigenvalue weighted by atomic mass is 16.6. The highest BCUT2D eigenvalue weighted by Crippen LogP contribution is 2.06. The minimum absolute atomic E-state index is 0.203. The van der Waals surface area contributed by atoms with E-state index in [2.05, 4.69) is 12.2 Å². The number of nitrogens with zero attached hydrogens (tertiary/aromatic N) is 1. The maximum absolute atomic E-state index is 11.5. The van der Waals surface area contributed by atoms with Crippen LogP contribution in [0, 0.1) is 0 Å². The van der Waals surface area contributed by atoms with Crippen LogP contribution in [-0.2, 0) is 14.3 Å². The van der Waals surface area contributed by atoms with Crippen LogP contribution in [0.15, 0.2) is 0 Å². The molecule has 0 spiro atoms. The molecule has 0 aliphatic carbocycles. The number of nitrogens with one attached hydrogen (secondary N) is 1. The van der Waals surface area contributed by atoms with E-state index in [1.54, 1.807) is 6.92 Å². The van der Waals surface area contributed by atoms with E-state index in [9.17, 15) is 9.59 Å². The number of carbonyl (C=O) groups excluding carboxylic acids is 2. The van der Waals surface area contributed by atoms with Gasteiger partial charge < -0.3 is 14.8 Å². The summed E-state index contributed by atoms with van der Waals surface area (Å²) in [6.07, 6.45) is 1.33. The molecule has 0 aromatic carbocycles. The first-order valence-corrected chi connectivity index (χ1v) is 7.63. The molecule has 0 atom stereocenters. The van der Waals surface area contributed by atoms with Crippen LogP contribution in [0.4, 0.5) is 4.79 Å². The summed E-state index contributed by atoms with van der Waals surface area (Å²) in [5, 5.41) is 2.71. The highest BCUT2D eigenvalue weighted by molar-refractivity contribution is 5.71. The van der Waals surface area contributed by atoms with Crippen molar-refractivity contribution in [2.45, 2.75) is 53.1 Å². The zero-order valence-corrected chi connectivity index (χ0v) is 14.0. The van der Waals surface area contributed by atoms with Crippen LogP contribution in [0.2, 0.25) is 0 Å². The maximum Gasteiger partial charge on any atom is 0.407 e. The van der Waals surface area contributed by atoms with Crippen molar-refractivity contribution >= 4 is 12.1 Å². The lowest BCUT2D eigenvalue weighted by Gasteiger charge is -2.21. The van der Waals surface area contributed by atoms with E-state index >= 15 is 0 Å². The molecular weight excluding hydrogens is 272 g/mol. The van der Waals surface area contributed by atoms with Gasteiger partial charge in [0.05, 0.1) is 13.2 Å². The molecule has 21 heavy (non-hydrogen) atoms. The van der Waals surface area contributed by atoms with Crippen molar-refractivity contribution in [2.24, 2.45) is 0 Å². The Kier molecular flexibility index (Phi) is 9.78. The fraction of sp³-hybridized carbons (Fsp3) is 0.867. The fourth-order valence-electron chi connectivity index (χ4n) is 1.78. The Balaban J connectivity index is 3.93. The summed E-state index contributed by atoms with van der Waals surface area (Å²) < 4.78 is 10.1. The third kappa shape index (κ3) is 12.2. The van der Waals surface area contributed by atoms with Crippen LogP contribution in [0.3, 0.4) is 0 Å². The average molecular weight is 302 g/mol. The molecule has 6 heteroatoms. The normalized spacial score (nSPS) is 11.3. The number of rotatable bonds is 9. The quantitative estimate of drug-likeness (QED) is 0.522. The number of esters is 1. The second-order valence-electron chi connectivity index (χ2n) is 5.86. The molecule has 0 unspecified atom stereocenters. The van der Waals surface area contributed by atoms with Gasteiger partial charge in [0.2, 0.25) is 0 Å². The Morgan fingerprint density at radius 3 is 2.33 bits per heavy atom. The zero-order valence-electron chi connectivity index (χ0n) is 14.0. The van der Waals surface area contributed by atoms with E-state index < -0.39 is 11.7 Å². The molecule has 0 radical (unpaired) electrons. The summed E-state index contributed by atoms with van der Waals surface area (Å²) >= 11 is 0. The second kappa shape index (κ2) is 10.4. The topological polar surface area (TPSA) is 67.9 Å². The molecule has 0 rings (SSSR count). The Morgan fingerprint density at radius 1 is 1.14 bits per heavy atom. The predicted octanol–water partition coefficient (Wildman–Crippen LogP) is 2.18. The van der Waals surface area contributed by atoms with E-state index in [0.717, 1.165) is 25.9 Å². The van der Waals surface area contributed by atoms with Gasteiger partial charge in [-0.25, -0.2) is 4.79 Å². The molecule has 1 amide bonds. The average Bonchev–Trinajstić information content (AvgIpc) is 2.32. The lowest BCUT2D eigenvalue weighted by atomic mass is 10.2. The number of ether oxygens (including phenoxy) is 2. The number of carbonyl (C=O) groups is 2. The number of alkyl carbamates (subject to hydrolysis) is 1. The van der Waals surface area contributed by atoms with Crippen LogP contribution in [0.5, 0.6) is 0 Å². The summed E-state index contributed by atoms with van der Waals surface area (Å²) in [5.74, 6) is -0.203. The van der Waals surface area contributed by atoms with E-state index in [-0.39, 0.29) is 5.97 Å². The van der Waals surface area contributed by atoms with E-state index in [4.69, 9.17) is 9.47 Å². The second-order valence-corrected chi connectivity index (χ2v) is 5.86. The Morgan fingerprint density at radius 2 is 1.81 bits per heavy atom. The van der Waals surface area contributed by atoms with Gasteiger partial charge in [-0.3, -0.25) is 9.69 Å². The van der Waals surface area contributed by atoms with E-state index in [0.29, 0.717) is 19.7 Å². The van der Waals surface area contributed by atoms with Crippen LogP contribution in [-0.4, -0.2) is 55.3 Å². The predicted molar refractivity (Wildman–Crippen MR) is 82.2 cm³/mol. The van der Waals surface area contributed by atoms with Gasteiger partial charge in [0.15, 0.2) is 0 Å². The summed E-state index contributed by atoms with van der Waals surface area (Å²) in [7, 11) is 0. The van der Waals surface area contributed by atoms with Crippen molar-refractivity contribution in [3.05, 3.63) is 0 Å². The molecule has 0 bridgehead atoms. The van der Waals surface area contributed by atoms with Gasteiger partial charge in [-0.2, -0.15) is 0 Å². The summed E-state index contributed by atoms with van der Waals surface area (Å²) in [4.78, 5) is 25.0. The highest BCUT2D eigenvalue weighted by Gasteiger charge is 2.16. The molecule has 0 saturated carbocycles. The zero-order chi connectivity index (χ0) is 16.3. The first-order valence-electron chi connectivity index (χ1n) is 7.63. The number of hydrogen-bond donors (Lipinski definition) is 1. The van der Waals surface area contributed by atoms with Crippen LogP contribution in [0.1, 0.15) is 47.5 Å². The van der Waals surface area contributed by atoms with E-state index in [1.165, 1.54) is 0 Å². The maximum atomic E-state index is 11.5. The molecule has 124 valence electrons. The molecule has 1 N–H and O–H groups in total. The van der Waals surface area contributed by atoms with Crippen molar-refractivity contribution in [3.8, 4) is 0 Å². The molecule has 0 fully saturated rings. The SMILES string of the molecule is CCCN(CCCNC(=O)OC(C)(C)C)CC(=O)OCC. The van der Waals surface area contributed by atoms with E-state index in [1.807, 2.05) is 25.7 Å². The molecule has 0 aromatic rings. The summed E-state index contributed by atoms with van der Waals surface area (Å²) in [5.41, 5.74) is -0.484. The van der Waals surface area contributed by atoms with Crippen molar-refractivity contribution in [1.82, 2.24) is 10.2 Å². The van der Waals surface area contributed by atoms with Gasteiger partial charge in [0, 0.05) is 13.1 Å². The van der Waals surface area contributed by atoms with Crippen molar-refractivity contribution in [1.29, 1.82) is 0 Å². The monoisotopic (exact) mass is 302 g/mol. The van der Waals surface area contributed by atoms with Crippen LogP contribution in [0.25, 0.3) is 0 Å².